The second kappa shape index (κ2) is 21.6. The van der Waals surface area contributed by atoms with Crippen LogP contribution in [0, 0.1) is 0 Å². The summed E-state index contributed by atoms with van der Waals surface area (Å²) in [5.74, 6) is -0.367. The Bertz CT molecular complexity index is 638. The van der Waals surface area contributed by atoms with E-state index in [1.165, 1.54) is 89.9 Å². The fourth-order valence-corrected chi connectivity index (χ4v) is 5.54. The highest BCUT2D eigenvalue weighted by molar-refractivity contribution is 5.70. The zero-order valence-electron chi connectivity index (χ0n) is 25.6. The van der Waals surface area contributed by atoms with Crippen molar-refractivity contribution in [1.29, 1.82) is 0 Å². The number of ether oxygens (including phenoxy) is 4. The van der Waals surface area contributed by atoms with Gasteiger partial charge in [0.2, 0.25) is 0 Å². The first-order valence-corrected chi connectivity index (χ1v) is 16.7. The van der Waals surface area contributed by atoms with Crippen molar-refractivity contribution in [2.75, 3.05) is 6.61 Å². The maximum atomic E-state index is 12.0. The summed E-state index contributed by atoms with van der Waals surface area (Å²) in [5, 5.41) is 0. The second-order valence-corrected chi connectivity index (χ2v) is 12.0. The van der Waals surface area contributed by atoms with Crippen molar-refractivity contribution >= 4 is 11.9 Å². The highest BCUT2D eigenvalue weighted by atomic mass is 16.6. The molecule has 0 aromatic carbocycles. The van der Waals surface area contributed by atoms with Gasteiger partial charge < -0.3 is 18.9 Å². The summed E-state index contributed by atoms with van der Waals surface area (Å²) >= 11 is 0. The van der Waals surface area contributed by atoms with Crippen LogP contribution in [-0.2, 0) is 28.5 Å². The molecule has 0 aliphatic carbocycles. The first kappa shape index (κ1) is 34.1. The van der Waals surface area contributed by atoms with Gasteiger partial charge in [0, 0.05) is 12.8 Å². The lowest BCUT2D eigenvalue weighted by atomic mass is 10.0. The zero-order chi connectivity index (χ0) is 28.1. The van der Waals surface area contributed by atoms with Crippen LogP contribution in [0.4, 0.5) is 0 Å². The molecule has 5 unspecified atom stereocenters. The standard InChI is InChI=1S/C33H60O6/c1-4-28-30(38-28)22-18-14-10-6-8-12-16-20-24-32(34)36-26-27(3)37-33(35)25-21-17-13-9-7-11-15-19-23-31-29(5-2)39-31/h27-31H,4-26H2,1-3H3. The van der Waals surface area contributed by atoms with Gasteiger partial charge in [-0.3, -0.25) is 9.59 Å². The van der Waals surface area contributed by atoms with Gasteiger partial charge in [0.25, 0.3) is 0 Å². The van der Waals surface area contributed by atoms with Gasteiger partial charge in [-0.2, -0.15) is 0 Å². The highest BCUT2D eigenvalue weighted by Crippen LogP contribution is 2.30. The Balaban J connectivity index is 1.27. The summed E-state index contributed by atoms with van der Waals surface area (Å²) in [4.78, 5) is 24.0. The normalized spacial score (nSPS) is 22.4. The molecule has 39 heavy (non-hydrogen) atoms. The van der Waals surface area contributed by atoms with Gasteiger partial charge in [-0.25, -0.2) is 0 Å². The van der Waals surface area contributed by atoms with E-state index in [0.29, 0.717) is 37.3 Å². The van der Waals surface area contributed by atoms with Crippen molar-refractivity contribution in [2.45, 2.75) is 193 Å². The van der Waals surface area contributed by atoms with Crippen molar-refractivity contribution in [3.05, 3.63) is 0 Å². The van der Waals surface area contributed by atoms with E-state index in [1.807, 2.05) is 0 Å². The molecule has 6 heteroatoms. The molecule has 0 spiro atoms. The molecular formula is C33H60O6. The summed E-state index contributed by atoms with van der Waals surface area (Å²) in [6.45, 7) is 6.34. The number of carbonyl (C=O) groups excluding carboxylic acids is 2. The average molecular weight is 553 g/mol. The molecule has 0 bridgehead atoms. The SMILES string of the molecule is CCC1OC1CCCCCCCCCCC(=O)OCC(C)OC(=O)CCCCCCCCCCC1OC1CC. The highest BCUT2D eigenvalue weighted by Gasteiger charge is 2.36. The lowest BCUT2D eigenvalue weighted by Crippen LogP contribution is -2.22. The molecular weight excluding hydrogens is 492 g/mol. The van der Waals surface area contributed by atoms with Crippen LogP contribution >= 0.6 is 0 Å². The summed E-state index contributed by atoms with van der Waals surface area (Å²) in [6, 6.07) is 0. The summed E-state index contributed by atoms with van der Waals surface area (Å²) < 4.78 is 21.9. The van der Waals surface area contributed by atoms with E-state index in [2.05, 4.69) is 13.8 Å². The molecule has 0 aromatic heterocycles. The Morgan fingerprint density at radius 2 is 0.949 bits per heavy atom. The second-order valence-electron chi connectivity index (χ2n) is 12.0. The molecule has 6 nitrogen and oxygen atoms in total. The maximum Gasteiger partial charge on any atom is 0.306 e. The fourth-order valence-electron chi connectivity index (χ4n) is 5.54. The minimum Gasteiger partial charge on any atom is -0.462 e. The third-order valence-corrected chi connectivity index (χ3v) is 8.23. The first-order valence-electron chi connectivity index (χ1n) is 16.7. The Kier molecular flexibility index (Phi) is 18.9. The summed E-state index contributed by atoms with van der Waals surface area (Å²) in [6.07, 6.45) is 26.6. The van der Waals surface area contributed by atoms with Crippen molar-refractivity contribution in [1.82, 2.24) is 0 Å². The summed E-state index contributed by atoms with van der Waals surface area (Å²) in [7, 11) is 0. The van der Waals surface area contributed by atoms with Crippen molar-refractivity contribution < 1.29 is 28.5 Å². The third-order valence-electron chi connectivity index (χ3n) is 8.23. The van der Waals surface area contributed by atoms with E-state index in [1.54, 1.807) is 6.92 Å². The van der Waals surface area contributed by atoms with Crippen LogP contribution in [0.15, 0.2) is 0 Å². The van der Waals surface area contributed by atoms with Crippen LogP contribution in [-0.4, -0.2) is 49.1 Å². The quantitative estimate of drug-likeness (QED) is 0.0577. The molecule has 2 rings (SSSR count). The molecule has 0 N–H and O–H groups in total. The van der Waals surface area contributed by atoms with Gasteiger partial charge in [0.05, 0.1) is 24.4 Å². The van der Waals surface area contributed by atoms with E-state index >= 15 is 0 Å². The Morgan fingerprint density at radius 3 is 1.36 bits per heavy atom. The molecule has 0 radical (unpaired) electrons. The number of hydrogen-bond donors (Lipinski definition) is 0. The third kappa shape index (κ3) is 18.0. The molecule has 0 aromatic rings. The molecule has 2 aliphatic rings. The van der Waals surface area contributed by atoms with E-state index < -0.39 is 0 Å². The van der Waals surface area contributed by atoms with Gasteiger partial charge >= 0.3 is 11.9 Å². The molecule has 2 fully saturated rings. The Morgan fingerprint density at radius 1 is 0.564 bits per heavy atom. The molecule has 5 atom stereocenters. The van der Waals surface area contributed by atoms with Crippen LogP contribution in [0.5, 0.6) is 0 Å². The molecule has 0 saturated carbocycles. The molecule has 2 saturated heterocycles. The van der Waals surface area contributed by atoms with Crippen LogP contribution in [0.25, 0.3) is 0 Å². The van der Waals surface area contributed by atoms with E-state index in [-0.39, 0.29) is 24.6 Å². The minimum atomic E-state index is -0.380. The number of carbonyl (C=O) groups is 2. The first-order chi connectivity index (χ1) is 19.0. The van der Waals surface area contributed by atoms with Gasteiger partial charge in [0.15, 0.2) is 0 Å². The van der Waals surface area contributed by atoms with Gasteiger partial charge in [-0.1, -0.05) is 104 Å². The molecule has 0 amide bonds. The smallest absolute Gasteiger partial charge is 0.306 e. The van der Waals surface area contributed by atoms with E-state index in [9.17, 15) is 9.59 Å². The van der Waals surface area contributed by atoms with Crippen molar-refractivity contribution in [2.24, 2.45) is 0 Å². The van der Waals surface area contributed by atoms with Crippen molar-refractivity contribution in [3.63, 3.8) is 0 Å². The Hall–Kier alpha value is -1.14. The van der Waals surface area contributed by atoms with E-state index in [0.717, 1.165) is 38.5 Å². The van der Waals surface area contributed by atoms with Crippen molar-refractivity contribution in [3.8, 4) is 0 Å². The molecule has 2 heterocycles. The number of rotatable bonds is 27. The zero-order valence-corrected chi connectivity index (χ0v) is 25.6. The summed E-state index contributed by atoms with van der Waals surface area (Å²) in [5.41, 5.74) is 0. The number of hydrogen-bond acceptors (Lipinski definition) is 6. The molecule has 228 valence electrons. The average Bonchev–Trinajstić information content (AvgIpc) is 3.85. The maximum absolute atomic E-state index is 12.0. The van der Waals surface area contributed by atoms with Crippen LogP contribution in [0.3, 0.4) is 0 Å². The number of esters is 2. The minimum absolute atomic E-state index is 0.154. The predicted molar refractivity (Wildman–Crippen MR) is 157 cm³/mol. The van der Waals surface area contributed by atoms with Crippen LogP contribution < -0.4 is 0 Å². The van der Waals surface area contributed by atoms with Gasteiger partial charge in [-0.05, 0) is 45.4 Å². The largest absolute Gasteiger partial charge is 0.462 e. The number of unbranched alkanes of at least 4 members (excludes halogenated alkanes) is 14. The molecule has 2 aliphatic heterocycles. The van der Waals surface area contributed by atoms with Crippen LogP contribution in [0.1, 0.15) is 162 Å². The monoisotopic (exact) mass is 552 g/mol. The predicted octanol–water partition coefficient (Wildman–Crippen LogP) is 8.62. The lowest BCUT2D eigenvalue weighted by Gasteiger charge is -2.13. The lowest BCUT2D eigenvalue weighted by molar-refractivity contribution is -0.158. The van der Waals surface area contributed by atoms with Crippen LogP contribution in [0.2, 0.25) is 0 Å². The van der Waals surface area contributed by atoms with Gasteiger partial charge in [0.1, 0.15) is 12.7 Å². The number of epoxide rings is 2. The van der Waals surface area contributed by atoms with Gasteiger partial charge in [-0.15, -0.1) is 0 Å². The van der Waals surface area contributed by atoms with E-state index in [4.69, 9.17) is 18.9 Å². The Labute approximate surface area is 239 Å². The topological polar surface area (TPSA) is 77.7 Å². The fraction of sp³-hybridized carbons (Fsp3) is 0.939.